The maximum absolute atomic E-state index is 12.4. The number of alkyl halides is 3. The van der Waals surface area contributed by atoms with Crippen molar-refractivity contribution in [3.05, 3.63) is 5.82 Å². The minimum Gasteiger partial charge on any atom is -0.357 e. The average molecular weight is 280 g/mol. The monoisotopic (exact) mass is 280 g/mol. The molecular formula is C10H15F3N4S. The fourth-order valence-corrected chi connectivity index (χ4v) is 2.77. The van der Waals surface area contributed by atoms with E-state index in [4.69, 9.17) is 0 Å². The van der Waals surface area contributed by atoms with Crippen LogP contribution in [0, 0.1) is 5.92 Å². The first-order valence-corrected chi connectivity index (χ1v) is 6.49. The number of piperidine rings is 1. The third kappa shape index (κ3) is 3.11. The van der Waals surface area contributed by atoms with Gasteiger partial charge in [-0.3, -0.25) is 0 Å². The Kier molecular flexibility index (Phi) is 3.76. The molecule has 2 unspecified atom stereocenters. The molecule has 1 aliphatic rings. The van der Waals surface area contributed by atoms with Gasteiger partial charge in [-0.25, -0.2) is 0 Å². The zero-order valence-electron chi connectivity index (χ0n) is 10.2. The second-order valence-electron chi connectivity index (χ2n) is 4.70. The molecule has 0 aromatic carbocycles. The van der Waals surface area contributed by atoms with Crippen LogP contribution in [0.2, 0.25) is 0 Å². The van der Waals surface area contributed by atoms with E-state index in [1.54, 1.807) is 0 Å². The Morgan fingerprint density at radius 1 is 1.44 bits per heavy atom. The van der Waals surface area contributed by atoms with Crippen LogP contribution in [-0.2, 0) is 6.18 Å². The predicted octanol–water partition coefficient (Wildman–Crippen LogP) is 2.31. The SMILES string of the molecule is CC1CN(C)CCC1Nc1nc(C(F)(F)F)ns1. The van der Waals surface area contributed by atoms with Crippen LogP contribution < -0.4 is 5.32 Å². The molecule has 0 spiro atoms. The van der Waals surface area contributed by atoms with Gasteiger partial charge in [-0.1, -0.05) is 6.92 Å². The van der Waals surface area contributed by atoms with Crippen molar-refractivity contribution in [2.75, 3.05) is 25.5 Å². The highest BCUT2D eigenvalue weighted by atomic mass is 32.1. The van der Waals surface area contributed by atoms with E-state index >= 15 is 0 Å². The topological polar surface area (TPSA) is 41.0 Å². The average Bonchev–Trinajstić information content (AvgIpc) is 2.70. The molecule has 1 aliphatic heterocycles. The van der Waals surface area contributed by atoms with Crippen molar-refractivity contribution in [3.8, 4) is 0 Å². The molecule has 8 heteroatoms. The second-order valence-corrected chi connectivity index (χ2v) is 5.45. The zero-order chi connectivity index (χ0) is 13.3. The van der Waals surface area contributed by atoms with E-state index in [-0.39, 0.29) is 11.2 Å². The van der Waals surface area contributed by atoms with Gasteiger partial charge < -0.3 is 10.2 Å². The maximum Gasteiger partial charge on any atom is 0.452 e. The highest BCUT2D eigenvalue weighted by molar-refractivity contribution is 7.09. The number of halogens is 3. The molecule has 0 bridgehead atoms. The predicted molar refractivity (Wildman–Crippen MR) is 63.6 cm³/mol. The van der Waals surface area contributed by atoms with Crippen LogP contribution in [0.5, 0.6) is 0 Å². The van der Waals surface area contributed by atoms with Crippen LogP contribution in [0.1, 0.15) is 19.2 Å². The third-order valence-electron chi connectivity index (χ3n) is 3.10. The maximum atomic E-state index is 12.4. The van der Waals surface area contributed by atoms with Crippen LogP contribution >= 0.6 is 11.5 Å². The standard InChI is InChI=1S/C10H15F3N4S/c1-6-5-17(2)4-3-7(6)14-9-15-8(16-18-9)10(11,12)13/h6-7H,3-5H2,1-2H3,(H,14,15,16). The van der Waals surface area contributed by atoms with Crippen LogP contribution in [0.3, 0.4) is 0 Å². The van der Waals surface area contributed by atoms with Crippen LogP contribution in [0.15, 0.2) is 0 Å². The van der Waals surface area contributed by atoms with E-state index < -0.39 is 12.0 Å². The molecule has 2 rings (SSSR count). The van der Waals surface area contributed by atoms with Crippen molar-refractivity contribution in [2.45, 2.75) is 25.6 Å². The van der Waals surface area contributed by atoms with Gasteiger partial charge in [0, 0.05) is 24.1 Å². The number of hydrogen-bond donors (Lipinski definition) is 1. The van der Waals surface area contributed by atoms with Crippen LogP contribution in [0.4, 0.5) is 18.3 Å². The Labute approximate surface area is 107 Å². The first-order valence-electron chi connectivity index (χ1n) is 5.72. The molecular weight excluding hydrogens is 265 g/mol. The van der Waals surface area contributed by atoms with Gasteiger partial charge in [-0.05, 0) is 25.9 Å². The quantitative estimate of drug-likeness (QED) is 0.902. The summed E-state index contributed by atoms with van der Waals surface area (Å²) in [6, 6.07) is 0.162. The van der Waals surface area contributed by atoms with Crippen molar-refractivity contribution < 1.29 is 13.2 Å². The summed E-state index contributed by atoms with van der Waals surface area (Å²) in [5, 5.41) is 3.32. The summed E-state index contributed by atoms with van der Waals surface area (Å²) < 4.78 is 40.4. The first-order chi connectivity index (χ1) is 8.36. The molecule has 0 saturated carbocycles. The van der Waals surface area contributed by atoms with Crippen LogP contribution in [0.25, 0.3) is 0 Å². The summed E-state index contributed by atoms with van der Waals surface area (Å²) in [6.07, 6.45) is -3.56. The number of rotatable bonds is 2. The highest BCUT2D eigenvalue weighted by Crippen LogP contribution is 2.30. The molecule has 1 aromatic heterocycles. The lowest BCUT2D eigenvalue weighted by atomic mass is 9.94. The molecule has 2 atom stereocenters. The molecule has 1 aromatic rings. The molecule has 4 nitrogen and oxygen atoms in total. The van der Waals surface area contributed by atoms with Crippen molar-refractivity contribution >= 4 is 16.7 Å². The second kappa shape index (κ2) is 5.00. The summed E-state index contributed by atoms with van der Waals surface area (Å²) in [6.45, 7) is 3.95. The van der Waals surface area contributed by atoms with E-state index in [2.05, 4.69) is 26.5 Å². The Balaban J connectivity index is 1.99. The van der Waals surface area contributed by atoms with E-state index in [9.17, 15) is 13.2 Å². The van der Waals surface area contributed by atoms with Gasteiger partial charge in [0.15, 0.2) is 0 Å². The summed E-state index contributed by atoms with van der Waals surface area (Å²) in [4.78, 5) is 5.70. The van der Waals surface area contributed by atoms with Crippen LogP contribution in [-0.4, -0.2) is 40.4 Å². The van der Waals surface area contributed by atoms with Gasteiger partial charge >= 0.3 is 6.18 Å². The fourth-order valence-electron chi connectivity index (χ4n) is 2.12. The fraction of sp³-hybridized carbons (Fsp3) is 0.800. The number of anilines is 1. The Bertz CT molecular complexity index is 406. The highest BCUT2D eigenvalue weighted by Gasteiger charge is 2.36. The number of hydrogen-bond acceptors (Lipinski definition) is 5. The smallest absolute Gasteiger partial charge is 0.357 e. The number of aromatic nitrogens is 2. The lowest BCUT2D eigenvalue weighted by molar-refractivity contribution is -0.144. The molecule has 1 saturated heterocycles. The van der Waals surface area contributed by atoms with E-state index in [1.165, 1.54) is 0 Å². The molecule has 1 N–H and O–H groups in total. The van der Waals surface area contributed by atoms with Crippen molar-refractivity contribution in [1.29, 1.82) is 0 Å². The van der Waals surface area contributed by atoms with Crippen molar-refractivity contribution in [3.63, 3.8) is 0 Å². The van der Waals surface area contributed by atoms with Crippen molar-refractivity contribution in [1.82, 2.24) is 14.3 Å². The molecule has 1 fully saturated rings. The lowest BCUT2D eigenvalue weighted by Gasteiger charge is -2.34. The largest absolute Gasteiger partial charge is 0.452 e. The zero-order valence-corrected chi connectivity index (χ0v) is 11.0. The molecule has 0 aliphatic carbocycles. The molecule has 0 radical (unpaired) electrons. The van der Waals surface area contributed by atoms with Gasteiger partial charge in [-0.15, -0.1) is 0 Å². The number of nitrogens with one attached hydrogen (secondary N) is 1. The van der Waals surface area contributed by atoms with E-state index in [1.807, 2.05) is 7.05 Å². The number of nitrogens with zero attached hydrogens (tertiary/aromatic N) is 3. The van der Waals surface area contributed by atoms with Gasteiger partial charge in [0.2, 0.25) is 11.0 Å². The van der Waals surface area contributed by atoms with Gasteiger partial charge in [0.25, 0.3) is 0 Å². The Morgan fingerprint density at radius 3 is 2.72 bits per heavy atom. The van der Waals surface area contributed by atoms with E-state index in [0.29, 0.717) is 5.92 Å². The minimum atomic E-state index is -4.46. The summed E-state index contributed by atoms with van der Waals surface area (Å²) in [7, 11) is 2.04. The van der Waals surface area contributed by atoms with Gasteiger partial charge in [-0.2, -0.15) is 22.5 Å². The molecule has 18 heavy (non-hydrogen) atoms. The summed E-state index contributed by atoms with van der Waals surface area (Å²) >= 11 is 0.767. The summed E-state index contributed by atoms with van der Waals surface area (Å²) in [5.74, 6) is -0.683. The Morgan fingerprint density at radius 2 is 2.17 bits per heavy atom. The van der Waals surface area contributed by atoms with Gasteiger partial charge in [0.05, 0.1) is 0 Å². The first kappa shape index (κ1) is 13.5. The van der Waals surface area contributed by atoms with Crippen molar-refractivity contribution in [2.24, 2.45) is 5.92 Å². The Hall–Kier alpha value is -0.890. The normalized spacial score (nSPS) is 26.3. The molecule has 102 valence electrons. The summed E-state index contributed by atoms with van der Waals surface area (Å²) in [5.41, 5.74) is 0. The molecule has 2 heterocycles. The van der Waals surface area contributed by atoms with E-state index in [0.717, 1.165) is 31.0 Å². The third-order valence-corrected chi connectivity index (χ3v) is 3.74. The molecule has 0 amide bonds. The van der Waals surface area contributed by atoms with Gasteiger partial charge in [0.1, 0.15) is 0 Å². The lowest BCUT2D eigenvalue weighted by Crippen LogP contribution is -2.43. The minimum absolute atomic E-state index is 0.162. The number of likely N-dealkylation sites (tertiary alicyclic amines) is 1.